The molecule has 0 aromatic heterocycles. The second-order valence-electron chi connectivity index (χ2n) is 8.56. The number of carbonyl (C=O) groups is 2. The summed E-state index contributed by atoms with van der Waals surface area (Å²) in [5, 5.41) is 0. The van der Waals surface area contributed by atoms with Crippen LogP contribution in [-0.2, 0) is 16.0 Å². The Balaban J connectivity index is 1.71. The van der Waals surface area contributed by atoms with Crippen LogP contribution in [0.25, 0.3) is 5.57 Å². The average molecular weight is 455 g/mol. The normalized spacial score (nSPS) is 15.3. The lowest BCUT2D eigenvalue weighted by molar-refractivity contribution is -0.120. The van der Waals surface area contributed by atoms with Crippen LogP contribution in [0.2, 0.25) is 0 Å². The van der Waals surface area contributed by atoms with Gasteiger partial charge in [0.2, 0.25) is 0 Å². The van der Waals surface area contributed by atoms with Gasteiger partial charge < -0.3 is 14.4 Å². The summed E-state index contributed by atoms with van der Waals surface area (Å²) in [6, 6.07) is 19.1. The molecule has 6 heteroatoms. The quantitative estimate of drug-likeness (QED) is 0.525. The standard InChI is InChI=1S/C28H26N2O4/c1-17-9-11-21(18(2)15-17)30-27(31)25(20-10-12-23(33-3)24(16-20)34-4)26(28(30)32)29-14-13-19-7-5-6-8-22(19)29/h5-12,15-16H,13-14H2,1-4H3. The van der Waals surface area contributed by atoms with Crippen LogP contribution in [0.1, 0.15) is 22.3 Å². The van der Waals surface area contributed by atoms with Gasteiger partial charge in [-0.05, 0) is 61.2 Å². The van der Waals surface area contributed by atoms with Crippen molar-refractivity contribution in [2.24, 2.45) is 0 Å². The van der Waals surface area contributed by atoms with Crippen molar-refractivity contribution in [1.82, 2.24) is 0 Å². The molecule has 0 bridgehead atoms. The van der Waals surface area contributed by atoms with Crippen molar-refractivity contribution in [3.05, 3.63) is 88.6 Å². The van der Waals surface area contributed by atoms with E-state index in [0.717, 1.165) is 28.8 Å². The smallest absolute Gasteiger partial charge is 0.282 e. The van der Waals surface area contributed by atoms with E-state index in [2.05, 4.69) is 6.07 Å². The molecule has 0 spiro atoms. The van der Waals surface area contributed by atoms with Crippen LogP contribution in [-0.4, -0.2) is 32.6 Å². The first kappa shape index (κ1) is 21.8. The number of aryl methyl sites for hydroxylation is 2. The largest absolute Gasteiger partial charge is 0.493 e. The van der Waals surface area contributed by atoms with E-state index >= 15 is 0 Å². The molecule has 2 aliphatic rings. The topological polar surface area (TPSA) is 59.1 Å². The van der Waals surface area contributed by atoms with Crippen molar-refractivity contribution in [2.45, 2.75) is 20.3 Å². The number of anilines is 2. The Kier molecular flexibility index (Phi) is 5.36. The number of hydrogen-bond donors (Lipinski definition) is 0. The first-order chi connectivity index (χ1) is 16.4. The zero-order valence-electron chi connectivity index (χ0n) is 19.7. The highest BCUT2D eigenvalue weighted by Gasteiger charge is 2.44. The molecular weight excluding hydrogens is 428 g/mol. The number of amides is 2. The number of ether oxygens (including phenoxy) is 2. The van der Waals surface area contributed by atoms with Gasteiger partial charge in [-0.1, -0.05) is 42.0 Å². The highest BCUT2D eigenvalue weighted by molar-refractivity contribution is 6.46. The number of fused-ring (bicyclic) bond motifs is 1. The Morgan fingerprint density at radius 2 is 1.56 bits per heavy atom. The van der Waals surface area contributed by atoms with E-state index in [-0.39, 0.29) is 11.8 Å². The maximum absolute atomic E-state index is 14.0. The van der Waals surface area contributed by atoms with Gasteiger partial charge in [-0.3, -0.25) is 9.59 Å². The van der Waals surface area contributed by atoms with Gasteiger partial charge in [-0.25, -0.2) is 4.90 Å². The molecule has 172 valence electrons. The zero-order chi connectivity index (χ0) is 24.0. The predicted octanol–water partition coefficient (Wildman–Crippen LogP) is 4.67. The summed E-state index contributed by atoms with van der Waals surface area (Å²) in [5.41, 5.74) is 6.03. The first-order valence-electron chi connectivity index (χ1n) is 11.2. The Morgan fingerprint density at radius 3 is 2.29 bits per heavy atom. The lowest BCUT2D eigenvalue weighted by Gasteiger charge is -2.22. The molecule has 2 heterocycles. The SMILES string of the molecule is COc1ccc(C2=C(N3CCc4ccccc43)C(=O)N(c3ccc(C)cc3C)C2=O)cc1OC. The molecule has 0 radical (unpaired) electrons. The number of carbonyl (C=O) groups excluding carboxylic acids is 2. The van der Waals surface area contributed by atoms with Crippen molar-refractivity contribution in [2.75, 3.05) is 30.6 Å². The lowest BCUT2D eigenvalue weighted by Crippen LogP contribution is -2.35. The molecule has 2 amide bonds. The number of para-hydroxylation sites is 1. The molecule has 5 rings (SSSR count). The molecule has 0 fully saturated rings. The minimum atomic E-state index is -0.344. The number of methoxy groups -OCH3 is 2. The summed E-state index contributed by atoms with van der Waals surface area (Å²) in [5.74, 6) is 0.392. The van der Waals surface area contributed by atoms with E-state index in [0.29, 0.717) is 40.6 Å². The number of nitrogens with zero attached hydrogens (tertiary/aromatic N) is 2. The van der Waals surface area contributed by atoms with Crippen molar-refractivity contribution in [1.29, 1.82) is 0 Å². The van der Waals surface area contributed by atoms with E-state index in [4.69, 9.17) is 9.47 Å². The number of hydrogen-bond acceptors (Lipinski definition) is 5. The third-order valence-electron chi connectivity index (χ3n) is 6.48. The molecule has 3 aromatic carbocycles. The summed E-state index contributed by atoms with van der Waals surface area (Å²) in [4.78, 5) is 31.2. The van der Waals surface area contributed by atoms with E-state index in [1.807, 2.05) is 55.1 Å². The molecule has 34 heavy (non-hydrogen) atoms. The third kappa shape index (κ3) is 3.34. The van der Waals surface area contributed by atoms with Crippen LogP contribution >= 0.6 is 0 Å². The molecule has 0 aliphatic carbocycles. The van der Waals surface area contributed by atoms with Gasteiger partial charge in [0.1, 0.15) is 5.70 Å². The fourth-order valence-electron chi connectivity index (χ4n) is 4.87. The molecule has 0 N–H and O–H groups in total. The van der Waals surface area contributed by atoms with Gasteiger partial charge >= 0.3 is 0 Å². The van der Waals surface area contributed by atoms with Crippen LogP contribution in [0.5, 0.6) is 11.5 Å². The molecule has 2 aliphatic heterocycles. The zero-order valence-corrected chi connectivity index (χ0v) is 19.7. The highest BCUT2D eigenvalue weighted by Crippen LogP contribution is 2.42. The van der Waals surface area contributed by atoms with Gasteiger partial charge in [0.25, 0.3) is 11.8 Å². The maximum atomic E-state index is 14.0. The van der Waals surface area contributed by atoms with Crippen LogP contribution in [0.4, 0.5) is 11.4 Å². The van der Waals surface area contributed by atoms with Gasteiger partial charge in [0, 0.05) is 12.2 Å². The van der Waals surface area contributed by atoms with Crippen LogP contribution in [0, 0.1) is 13.8 Å². The van der Waals surface area contributed by atoms with Gasteiger partial charge in [-0.2, -0.15) is 0 Å². The van der Waals surface area contributed by atoms with Crippen molar-refractivity contribution in [3.8, 4) is 11.5 Å². The van der Waals surface area contributed by atoms with E-state index in [9.17, 15) is 9.59 Å². The monoisotopic (exact) mass is 454 g/mol. The summed E-state index contributed by atoms with van der Waals surface area (Å²) in [7, 11) is 3.12. The lowest BCUT2D eigenvalue weighted by atomic mass is 10.0. The fraction of sp³-hybridized carbons (Fsp3) is 0.214. The van der Waals surface area contributed by atoms with Gasteiger partial charge in [0.15, 0.2) is 11.5 Å². The number of rotatable bonds is 5. The third-order valence-corrected chi connectivity index (χ3v) is 6.48. The summed E-state index contributed by atoms with van der Waals surface area (Å²) in [6.45, 7) is 4.54. The fourth-order valence-corrected chi connectivity index (χ4v) is 4.87. The van der Waals surface area contributed by atoms with E-state index < -0.39 is 0 Å². The minimum Gasteiger partial charge on any atom is -0.493 e. The highest BCUT2D eigenvalue weighted by atomic mass is 16.5. The van der Waals surface area contributed by atoms with Gasteiger partial charge in [-0.15, -0.1) is 0 Å². The van der Waals surface area contributed by atoms with Crippen LogP contribution < -0.4 is 19.3 Å². The molecule has 0 atom stereocenters. The van der Waals surface area contributed by atoms with Gasteiger partial charge in [0.05, 0.1) is 25.5 Å². The second-order valence-corrected chi connectivity index (χ2v) is 8.56. The van der Waals surface area contributed by atoms with E-state index in [1.54, 1.807) is 32.4 Å². The van der Waals surface area contributed by atoms with Crippen LogP contribution in [0.15, 0.2) is 66.4 Å². The second kappa shape index (κ2) is 8.37. The Bertz CT molecular complexity index is 1360. The summed E-state index contributed by atoms with van der Waals surface area (Å²) < 4.78 is 10.9. The first-order valence-corrected chi connectivity index (χ1v) is 11.2. The van der Waals surface area contributed by atoms with Crippen molar-refractivity contribution in [3.63, 3.8) is 0 Å². The predicted molar refractivity (Wildman–Crippen MR) is 132 cm³/mol. The Morgan fingerprint density at radius 1 is 0.794 bits per heavy atom. The summed E-state index contributed by atoms with van der Waals surface area (Å²) >= 11 is 0. The number of benzene rings is 3. The van der Waals surface area contributed by atoms with Crippen molar-refractivity contribution < 1.29 is 19.1 Å². The molecule has 0 saturated heterocycles. The molecule has 0 unspecified atom stereocenters. The minimum absolute atomic E-state index is 0.321. The Labute approximate surface area is 199 Å². The molecule has 0 saturated carbocycles. The molecular formula is C28H26N2O4. The Hall–Kier alpha value is -4.06. The maximum Gasteiger partial charge on any atom is 0.282 e. The average Bonchev–Trinajstić information content (AvgIpc) is 3.37. The van der Waals surface area contributed by atoms with Crippen LogP contribution in [0.3, 0.4) is 0 Å². The molecule has 3 aromatic rings. The molecule has 6 nitrogen and oxygen atoms in total. The number of imide groups is 1. The van der Waals surface area contributed by atoms with Crippen molar-refractivity contribution >= 4 is 28.8 Å². The van der Waals surface area contributed by atoms with E-state index in [1.165, 1.54) is 4.90 Å². The summed E-state index contributed by atoms with van der Waals surface area (Å²) in [6.07, 6.45) is 0.809.